The van der Waals surface area contributed by atoms with Crippen LogP contribution in [0.5, 0.6) is 0 Å². The molecule has 0 bridgehead atoms. The number of ether oxygens (including phenoxy) is 1. The summed E-state index contributed by atoms with van der Waals surface area (Å²) in [5.41, 5.74) is 1.94. The van der Waals surface area contributed by atoms with Crippen LogP contribution in [0.15, 0.2) is 22.7 Å². The fraction of sp³-hybridized carbons (Fsp3) is 0.533. The first-order valence-corrected chi connectivity index (χ1v) is 7.83. The first kappa shape index (κ1) is 15.5. The van der Waals surface area contributed by atoms with Crippen molar-refractivity contribution in [1.29, 1.82) is 0 Å². The predicted octanol–water partition coefficient (Wildman–Crippen LogP) is 2.85. The van der Waals surface area contributed by atoms with Crippen LogP contribution < -0.4 is 10.6 Å². The molecular weight excluding hydrogens is 320 g/mol. The minimum atomic E-state index is 0.000608. The predicted molar refractivity (Wildman–Crippen MR) is 84.0 cm³/mol. The number of hydrogen-bond acceptors (Lipinski definition) is 3. The Hall–Kier alpha value is -0.910. The highest BCUT2D eigenvalue weighted by atomic mass is 79.9. The number of aryl methyl sites for hydroxylation is 1. The van der Waals surface area contributed by atoms with E-state index in [0.717, 1.165) is 41.7 Å². The number of nitrogens with one attached hydrogen (secondary N) is 2. The first-order valence-electron chi connectivity index (χ1n) is 7.03. The Morgan fingerprint density at radius 2 is 2.20 bits per heavy atom. The second-order valence-corrected chi connectivity index (χ2v) is 5.94. The molecule has 1 aromatic carbocycles. The van der Waals surface area contributed by atoms with Gasteiger partial charge >= 0.3 is 0 Å². The van der Waals surface area contributed by atoms with E-state index >= 15 is 0 Å². The van der Waals surface area contributed by atoms with E-state index < -0.39 is 0 Å². The number of piperidine rings is 1. The van der Waals surface area contributed by atoms with Gasteiger partial charge in [0.2, 0.25) is 5.91 Å². The van der Waals surface area contributed by atoms with Crippen LogP contribution in [-0.2, 0) is 9.53 Å². The van der Waals surface area contributed by atoms with Crippen molar-refractivity contribution in [3.05, 3.63) is 28.2 Å². The lowest BCUT2D eigenvalue weighted by Crippen LogP contribution is -2.33. The summed E-state index contributed by atoms with van der Waals surface area (Å²) in [5.74, 6) is 0.000608. The summed E-state index contributed by atoms with van der Waals surface area (Å²) in [7, 11) is 0. The van der Waals surface area contributed by atoms with Crippen LogP contribution in [0, 0.1) is 6.92 Å². The summed E-state index contributed by atoms with van der Waals surface area (Å²) in [6, 6.07) is 5.79. The normalized spacial score (nSPS) is 16.1. The molecule has 4 nitrogen and oxygen atoms in total. The molecule has 0 spiro atoms. The van der Waals surface area contributed by atoms with Gasteiger partial charge in [0, 0.05) is 10.2 Å². The van der Waals surface area contributed by atoms with E-state index in [9.17, 15) is 4.79 Å². The van der Waals surface area contributed by atoms with Crippen molar-refractivity contribution in [2.24, 2.45) is 0 Å². The maximum absolute atomic E-state index is 11.8. The number of anilines is 1. The van der Waals surface area contributed by atoms with Gasteiger partial charge in [-0.25, -0.2) is 0 Å². The van der Waals surface area contributed by atoms with Crippen molar-refractivity contribution in [3.8, 4) is 0 Å². The molecule has 110 valence electrons. The quantitative estimate of drug-likeness (QED) is 0.866. The van der Waals surface area contributed by atoms with E-state index in [1.54, 1.807) is 0 Å². The van der Waals surface area contributed by atoms with Gasteiger partial charge in [-0.05, 0) is 56.6 Å². The average Bonchev–Trinajstić information content (AvgIpc) is 2.44. The van der Waals surface area contributed by atoms with E-state index in [0.29, 0.717) is 19.1 Å². The van der Waals surface area contributed by atoms with Gasteiger partial charge in [0.05, 0.1) is 19.1 Å². The molecule has 1 fully saturated rings. The summed E-state index contributed by atoms with van der Waals surface area (Å²) < 4.78 is 6.77. The second-order valence-electron chi connectivity index (χ2n) is 5.08. The van der Waals surface area contributed by atoms with Gasteiger partial charge in [-0.3, -0.25) is 4.79 Å². The van der Waals surface area contributed by atoms with Gasteiger partial charge in [-0.1, -0.05) is 15.9 Å². The molecule has 0 atom stereocenters. The van der Waals surface area contributed by atoms with Crippen molar-refractivity contribution < 1.29 is 9.53 Å². The van der Waals surface area contributed by atoms with Gasteiger partial charge in [-0.15, -0.1) is 0 Å². The fourth-order valence-corrected chi connectivity index (χ4v) is 2.47. The second kappa shape index (κ2) is 7.76. The van der Waals surface area contributed by atoms with Gasteiger partial charge in [0.15, 0.2) is 0 Å². The van der Waals surface area contributed by atoms with Crippen molar-refractivity contribution in [1.82, 2.24) is 5.32 Å². The third-order valence-electron chi connectivity index (χ3n) is 3.41. The highest BCUT2D eigenvalue weighted by Gasteiger charge is 2.13. The number of carbonyl (C=O) groups excluding carboxylic acids is 1. The van der Waals surface area contributed by atoms with E-state index in [2.05, 4.69) is 26.6 Å². The zero-order chi connectivity index (χ0) is 14.4. The smallest absolute Gasteiger partial charge is 0.226 e. The van der Waals surface area contributed by atoms with E-state index in [-0.39, 0.29) is 5.91 Å². The van der Waals surface area contributed by atoms with Crippen LogP contribution in [0.1, 0.15) is 24.8 Å². The van der Waals surface area contributed by atoms with Gasteiger partial charge < -0.3 is 15.4 Å². The van der Waals surface area contributed by atoms with E-state index in [1.165, 1.54) is 0 Å². The maximum atomic E-state index is 11.8. The molecule has 0 saturated carbocycles. The fourth-order valence-electron chi connectivity index (χ4n) is 2.23. The molecule has 1 aromatic rings. The molecule has 0 aliphatic carbocycles. The molecule has 1 saturated heterocycles. The van der Waals surface area contributed by atoms with E-state index in [4.69, 9.17) is 4.74 Å². The number of halogens is 1. The Morgan fingerprint density at radius 3 is 2.90 bits per heavy atom. The molecule has 0 radical (unpaired) electrons. The zero-order valence-electron chi connectivity index (χ0n) is 11.7. The van der Waals surface area contributed by atoms with Crippen molar-refractivity contribution in [2.75, 3.05) is 25.0 Å². The Morgan fingerprint density at radius 1 is 1.45 bits per heavy atom. The van der Waals surface area contributed by atoms with Crippen LogP contribution >= 0.6 is 15.9 Å². The Balaban J connectivity index is 1.70. The molecule has 1 heterocycles. The molecule has 0 unspecified atom stereocenters. The lowest BCUT2D eigenvalue weighted by molar-refractivity contribution is -0.117. The summed E-state index contributed by atoms with van der Waals surface area (Å²) in [6.07, 6.45) is 2.78. The number of amides is 1. The van der Waals surface area contributed by atoms with Crippen LogP contribution in [-0.4, -0.2) is 31.7 Å². The zero-order valence-corrected chi connectivity index (χ0v) is 13.3. The van der Waals surface area contributed by atoms with Gasteiger partial charge in [-0.2, -0.15) is 0 Å². The molecule has 20 heavy (non-hydrogen) atoms. The summed E-state index contributed by atoms with van der Waals surface area (Å²) in [6.45, 7) is 4.51. The minimum Gasteiger partial charge on any atom is -0.378 e. The van der Waals surface area contributed by atoms with Crippen molar-refractivity contribution >= 4 is 27.5 Å². The van der Waals surface area contributed by atoms with Gasteiger partial charge in [0.1, 0.15) is 0 Å². The Bertz CT molecular complexity index is 459. The Kier molecular flexibility index (Phi) is 6.01. The largest absolute Gasteiger partial charge is 0.378 e. The number of carbonyl (C=O) groups is 1. The molecule has 0 aromatic heterocycles. The monoisotopic (exact) mass is 340 g/mol. The van der Waals surface area contributed by atoms with Crippen LogP contribution in [0.4, 0.5) is 5.69 Å². The summed E-state index contributed by atoms with van der Waals surface area (Å²) >= 11 is 3.44. The third-order valence-corrected chi connectivity index (χ3v) is 4.30. The molecule has 2 N–H and O–H groups in total. The highest BCUT2D eigenvalue weighted by molar-refractivity contribution is 9.10. The molecule has 1 aliphatic heterocycles. The Labute approximate surface area is 128 Å². The highest BCUT2D eigenvalue weighted by Crippen LogP contribution is 2.20. The first-order chi connectivity index (χ1) is 9.65. The van der Waals surface area contributed by atoms with Gasteiger partial charge in [0.25, 0.3) is 0 Å². The van der Waals surface area contributed by atoms with Crippen LogP contribution in [0.25, 0.3) is 0 Å². The summed E-state index contributed by atoms with van der Waals surface area (Å²) in [5, 5.41) is 6.19. The topological polar surface area (TPSA) is 50.4 Å². The van der Waals surface area contributed by atoms with E-state index in [1.807, 2.05) is 25.1 Å². The SMILES string of the molecule is Cc1cc(NC(=O)CCOC2CCNCC2)ccc1Br. The number of hydrogen-bond donors (Lipinski definition) is 2. The molecule has 5 heteroatoms. The standard InChI is InChI=1S/C15H21BrN2O2/c1-11-10-12(2-3-14(11)16)18-15(19)6-9-20-13-4-7-17-8-5-13/h2-3,10,13,17H,4-9H2,1H3,(H,18,19). The van der Waals surface area contributed by atoms with Crippen molar-refractivity contribution in [2.45, 2.75) is 32.3 Å². The molecule has 1 amide bonds. The molecular formula is C15H21BrN2O2. The average molecular weight is 341 g/mol. The number of benzene rings is 1. The number of rotatable bonds is 5. The van der Waals surface area contributed by atoms with Crippen LogP contribution in [0.3, 0.4) is 0 Å². The lowest BCUT2D eigenvalue weighted by atomic mass is 10.1. The summed E-state index contributed by atoms with van der Waals surface area (Å²) in [4.78, 5) is 11.8. The molecule has 2 rings (SSSR count). The minimum absolute atomic E-state index is 0.000608. The van der Waals surface area contributed by atoms with Crippen LogP contribution in [0.2, 0.25) is 0 Å². The third kappa shape index (κ3) is 4.89. The molecule has 1 aliphatic rings. The lowest BCUT2D eigenvalue weighted by Gasteiger charge is -2.22. The maximum Gasteiger partial charge on any atom is 0.226 e. The van der Waals surface area contributed by atoms with Crippen molar-refractivity contribution in [3.63, 3.8) is 0 Å².